The lowest BCUT2D eigenvalue weighted by Gasteiger charge is -2.43. The maximum absolute atomic E-state index is 13.4. The molecule has 0 aromatic heterocycles. The summed E-state index contributed by atoms with van der Waals surface area (Å²) in [7, 11) is 5.27. The lowest BCUT2D eigenvalue weighted by Crippen LogP contribution is -2.53. The third-order valence-corrected chi connectivity index (χ3v) is 5.60. The number of methoxy groups -OCH3 is 1. The van der Waals surface area contributed by atoms with Gasteiger partial charge in [0.05, 0.1) is 12.7 Å². The SMILES string of the molecule is C=CCC(C(=O)OC)(c1ccccc1)N(CCCC)c1ccc(C(=O)OCCN(C)C)cc1. The fourth-order valence-electron chi connectivity index (χ4n) is 3.83. The first-order valence-corrected chi connectivity index (χ1v) is 11.3. The van der Waals surface area contributed by atoms with Crippen LogP contribution in [-0.2, 0) is 19.8 Å². The highest BCUT2D eigenvalue weighted by molar-refractivity contribution is 5.91. The maximum Gasteiger partial charge on any atom is 0.338 e. The molecule has 0 spiro atoms. The van der Waals surface area contributed by atoms with Crippen LogP contribution in [0.5, 0.6) is 0 Å². The molecule has 0 radical (unpaired) electrons. The summed E-state index contributed by atoms with van der Waals surface area (Å²) in [6.07, 6.45) is 3.98. The Morgan fingerprint density at radius 2 is 1.70 bits per heavy atom. The summed E-state index contributed by atoms with van der Waals surface area (Å²) in [5, 5.41) is 0. The summed E-state index contributed by atoms with van der Waals surface area (Å²) in [6, 6.07) is 16.9. The Hall–Kier alpha value is -3.12. The zero-order chi connectivity index (χ0) is 24.3. The summed E-state index contributed by atoms with van der Waals surface area (Å²) >= 11 is 0. The van der Waals surface area contributed by atoms with E-state index in [9.17, 15) is 9.59 Å². The average Bonchev–Trinajstić information content (AvgIpc) is 2.83. The summed E-state index contributed by atoms with van der Waals surface area (Å²) in [6.45, 7) is 7.66. The number of nitrogens with zero attached hydrogens (tertiary/aromatic N) is 2. The molecule has 6 heteroatoms. The van der Waals surface area contributed by atoms with Crippen LogP contribution in [0, 0.1) is 0 Å². The summed E-state index contributed by atoms with van der Waals surface area (Å²) < 4.78 is 10.7. The molecule has 0 N–H and O–H groups in total. The first kappa shape index (κ1) is 26.1. The summed E-state index contributed by atoms with van der Waals surface area (Å²) in [5.74, 6) is -0.714. The van der Waals surface area contributed by atoms with Crippen molar-refractivity contribution in [1.82, 2.24) is 4.90 Å². The molecule has 0 bridgehead atoms. The molecule has 6 nitrogen and oxygen atoms in total. The molecule has 0 amide bonds. The highest BCUT2D eigenvalue weighted by atomic mass is 16.5. The number of unbranched alkanes of at least 4 members (excludes halogenated alkanes) is 1. The predicted octanol–water partition coefficient (Wildman–Crippen LogP) is 4.66. The van der Waals surface area contributed by atoms with Gasteiger partial charge in [-0.15, -0.1) is 6.58 Å². The van der Waals surface area contributed by atoms with Gasteiger partial charge in [-0.2, -0.15) is 0 Å². The quantitative estimate of drug-likeness (QED) is 0.326. The van der Waals surface area contributed by atoms with E-state index < -0.39 is 5.54 Å². The monoisotopic (exact) mass is 452 g/mol. The topological polar surface area (TPSA) is 59.1 Å². The molecule has 33 heavy (non-hydrogen) atoms. The second kappa shape index (κ2) is 12.8. The number of carbonyl (C=O) groups excluding carboxylic acids is 2. The normalized spacial score (nSPS) is 12.6. The van der Waals surface area contributed by atoms with Crippen LogP contribution in [0.25, 0.3) is 0 Å². The van der Waals surface area contributed by atoms with Crippen LogP contribution in [0.3, 0.4) is 0 Å². The number of rotatable bonds is 13. The number of anilines is 1. The van der Waals surface area contributed by atoms with Gasteiger partial charge in [-0.1, -0.05) is 49.8 Å². The van der Waals surface area contributed by atoms with Gasteiger partial charge in [-0.25, -0.2) is 9.59 Å². The van der Waals surface area contributed by atoms with Gasteiger partial charge in [-0.05, 0) is 50.3 Å². The third kappa shape index (κ3) is 6.45. The lowest BCUT2D eigenvalue weighted by molar-refractivity contribution is -0.147. The smallest absolute Gasteiger partial charge is 0.338 e. The van der Waals surface area contributed by atoms with Crippen LogP contribution >= 0.6 is 0 Å². The van der Waals surface area contributed by atoms with E-state index in [2.05, 4.69) is 18.4 Å². The Morgan fingerprint density at radius 3 is 2.24 bits per heavy atom. The van der Waals surface area contributed by atoms with Crippen LogP contribution in [-0.4, -0.2) is 57.7 Å². The van der Waals surface area contributed by atoms with Crippen LogP contribution in [0.1, 0.15) is 42.1 Å². The van der Waals surface area contributed by atoms with Gasteiger partial charge < -0.3 is 19.3 Å². The molecule has 0 fully saturated rings. The zero-order valence-electron chi connectivity index (χ0n) is 20.3. The van der Waals surface area contributed by atoms with E-state index in [-0.39, 0.29) is 11.9 Å². The molecule has 0 aliphatic rings. The molecular formula is C27H36N2O4. The van der Waals surface area contributed by atoms with E-state index >= 15 is 0 Å². The number of likely N-dealkylation sites (N-methyl/N-ethyl adjacent to an activating group) is 1. The van der Waals surface area contributed by atoms with E-state index in [0.717, 1.165) is 24.1 Å². The van der Waals surface area contributed by atoms with Gasteiger partial charge in [0, 0.05) is 25.2 Å². The van der Waals surface area contributed by atoms with Crippen molar-refractivity contribution in [2.75, 3.05) is 45.8 Å². The van der Waals surface area contributed by atoms with Crippen molar-refractivity contribution < 1.29 is 19.1 Å². The molecule has 2 rings (SSSR count). The van der Waals surface area contributed by atoms with Crippen molar-refractivity contribution in [3.63, 3.8) is 0 Å². The standard InChI is InChI=1S/C27H36N2O4/c1-6-8-19-29(24-16-14-22(15-17-24)25(30)33-21-20-28(3)4)27(18-7-2,26(31)32-5)23-12-10-9-11-13-23/h7,9-17H,2,6,8,18-21H2,1,3-5H3. The third-order valence-electron chi connectivity index (χ3n) is 5.60. The fourth-order valence-corrected chi connectivity index (χ4v) is 3.83. The fraction of sp³-hybridized carbons (Fsp3) is 0.407. The molecule has 0 saturated carbocycles. The first-order valence-electron chi connectivity index (χ1n) is 11.3. The Balaban J connectivity index is 2.48. The molecule has 0 saturated heterocycles. The second-order valence-electron chi connectivity index (χ2n) is 8.20. The van der Waals surface area contributed by atoms with Gasteiger partial charge in [0.25, 0.3) is 0 Å². The Kier molecular flexibility index (Phi) is 10.1. The van der Waals surface area contributed by atoms with E-state index in [1.54, 1.807) is 18.2 Å². The van der Waals surface area contributed by atoms with Crippen LogP contribution in [0.2, 0.25) is 0 Å². The molecule has 0 aliphatic carbocycles. The van der Waals surface area contributed by atoms with E-state index in [0.29, 0.717) is 31.7 Å². The Morgan fingerprint density at radius 1 is 1.03 bits per heavy atom. The first-order chi connectivity index (χ1) is 15.9. The highest BCUT2D eigenvalue weighted by Gasteiger charge is 2.46. The molecule has 1 atom stereocenters. The number of ether oxygens (including phenoxy) is 2. The van der Waals surface area contributed by atoms with Gasteiger partial charge in [0.15, 0.2) is 5.54 Å². The van der Waals surface area contributed by atoms with Gasteiger partial charge in [-0.3, -0.25) is 0 Å². The van der Waals surface area contributed by atoms with Crippen molar-refractivity contribution in [3.8, 4) is 0 Å². The van der Waals surface area contributed by atoms with Crippen molar-refractivity contribution in [1.29, 1.82) is 0 Å². The minimum absolute atomic E-state index is 0.328. The number of hydrogen-bond donors (Lipinski definition) is 0. The van der Waals surface area contributed by atoms with Gasteiger partial charge in [0.1, 0.15) is 6.61 Å². The van der Waals surface area contributed by atoms with E-state index in [1.807, 2.05) is 61.5 Å². The highest BCUT2D eigenvalue weighted by Crippen LogP contribution is 2.38. The minimum Gasteiger partial charge on any atom is -0.467 e. The minimum atomic E-state index is -1.07. The zero-order valence-corrected chi connectivity index (χ0v) is 20.3. The molecule has 1 unspecified atom stereocenters. The second-order valence-corrected chi connectivity index (χ2v) is 8.20. The Bertz CT molecular complexity index is 896. The molecule has 2 aromatic rings. The van der Waals surface area contributed by atoms with Gasteiger partial charge >= 0.3 is 11.9 Å². The van der Waals surface area contributed by atoms with Crippen LogP contribution < -0.4 is 4.90 Å². The number of esters is 2. The summed E-state index contributed by atoms with van der Waals surface area (Å²) in [5.41, 5.74) is 1.06. The largest absolute Gasteiger partial charge is 0.467 e. The van der Waals surface area contributed by atoms with E-state index in [1.165, 1.54) is 7.11 Å². The van der Waals surface area contributed by atoms with Crippen LogP contribution in [0.4, 0.5) is 5.69 Å². The lowest BCUT2D eigenvalue weighted by atomic mass is 9.83. The molecule has 0 aliphatic heterocycles. The van der Waals surface area contributed by atoms with Crippen LogP contribution in [0.15, 0.2) is 67.3 Å². The molecule has 178 valence electrons. The van der Waals surface area contributed by atoms with Crippen molar-refractivity contribution in [2.45, 2.75) is 31.7 Å². The van der Waals surface area contributed by atoms with Crippen molar-refractivity contribution in [3.05, 3.63) is 78.4 Å². The number of carbonyl (C=O) groups is 2. The Labute approximate surface area is 197 Å². The summed E-state index contributed by atoms with van der Waals surface area (Å²) in [4.78, 5) is 29.8. The number of benzene rings is 2. The molecule has 2 aromatic carbocycles. The average molecular weight is 453 g/mol. The van der Waals surface area contributed by atoms with E-state index in [4.69, 9.17) is 9.47 Å². The van der Waals surface area contributed by atoms with Crippen molar-refractivity contribution in [2.24, 2.45) is 0 Å². The molecule has 0 heterocycles. The van der Waals surface area contributed by atoms with Crippen molar-refractivity contribution >= 4 is 17.6 Å². The maximum atomic E-state index is 13.4. The molecular weight excluding hydrogens is 416 g/mol. The van der Waals surface area contributed by atoms with Gasteiger partial charge in [0.2, 0.25) is 0 Å². The predicted molar refractivity (Wildman–Crippen MR) is 132 cm³/mol. The number of hydrogen-bond acceptors (Lipinski definition) is 6.